The number of halogens is 1. The molecule has 7 nitrogen and oxygen atoms in total. The Hall–Kier alpha value is -3.10. The zero-order valence-electron chi connectivity index (χ0n) is 17.7. The van der Waals surface area contributed by atoms with Crippen LogP contribution in [0.4, 0.5) is 0 Å². The van der Waals surface area contributed by atoms with Gasteiger partial charge < -0.3 is 14.4 Å². The van der Waals surface area contributed by atoms with Crippen LogP contribution in [0, 0.1) is 0 Å². The number of unbranched alkanes of at least 4 members (excludes halogenated alkanes) is 1. The fraction of sp³-hybridized carbons (Fsp3) is 0.280. The monoisotopic (exact) mass is 505 g/mol. The van der Waals surface area contributed by atoms with Crippen molar-refractivity contribution in [3.8, 4) is 11.4 Å². The van der Waals surface area contributed by atoms with Crippen molar-refractivity contribution in [2.75, 3.05) is 5.33 Å². The largest absolute Gasteiger partial charge is 0.458 e. The summed E-state index contributed by atoms with van der Waals surface area (Å²) in [4.78, 5) is 34.7. The normalized spacial score (nSPS) is 16.5. The molecule has 33 heavy (non-hydrogen) atoms. The van der Waals surface area contributed by atoms with Crippen molar-refractivity contribution in [3.63, 3.8) is 0 Å². The van der Waals surface area contributed by atoms with Gasteiger partial charge in [-0.25, -0.2) is 9.78 Å². The summed E-state index contributed by atoms with van der Waals surface area (Å²) < 4.78 is 6.70. The van der Waals surface area contributed by atoms with E-state index >= 15 is 0 Å². The minimum absolute atomic E-state index is 0.121. The number of aliphatic hydroxyl groups is 1. The number of pyridine rings is 3. The highest BCUT2D eigenvalue weighted by molar-refractivity contribution is 9.09. The molecule has 0 saturated carbocycles. The smallest absolute Gasteiger partial charge is 0.340 e. The van der Waals surface area contributed by atoms with Crippen LogP contribution in [0.15, 0.2) is 41.3 Å². The van der Waals surface area contributed by atoms with Crippen molar-refractivity contribution in [1.29, 1.82) is 0 Å². The molecule has 0 saturated heterocycles. The molecule has 0 radical (unpaired) electrons. The number of esters is 1. The maximum Gasteiger partial charge on any atom is 0.340 e. The van der Waals surface area contributed by atoms with Crippen molar-refractivity contribution in [2.24, 2.45) is 0 Å². The first-order chi connectivity index (χ1) is 16.1. The molecule has 6 rings (SSSR count). The summed E-state index contributed by atoms with van der Waals surface area (Å²) in [7, 11) is 0. The Balaban J connectivity index is 1.64. The van der Waals surface area contributed by atoms with E-state index in [2.05, 4.69) is 27.0 Å². The Morgan fingerprint density at radius 3 is 2.85 bits per heavy atom. The van der Waals surface area contributed by atoms with Gasteiger partial charge in [0.15, 0.2) is 6.10 Å². The second-order valence-corrected chi connectivity index (χ2v) is 9.25. The number of rotatable bonds is 4. The molecule has 166 valence electrons. The zero-order valence-corrected chi connectivity index (χ0v) is 19.3. The molecule has 2 aliphatic rings. The molecular formula is C25H20BrN3O4. The van der Waals surface area contributed by atoms with Crippen molar-refractivity contribution in [2.45, 2.75) is 38.5 Å². The molecule has 1 atom stereocenters. The van der Waals surface area contributed by atoms with Crippen molar-refractivity contribution in [1.82, 2.24) is 14.5 Å². The lowest BCUT2D eigenvalue weighted by molar-refractivity contribution is -0.157. The molecule has 0 bridgehead atoms. The SMILES string of the molecule is O=C1OCc2c(cc3n(c2=O)Cc2c-3nc3ccc4ncccc4c3c2CCCCBr)C1O. The lowest BCUT2D eigenvalue weighted by Crippen LogP contribution is -2.32. The summed E-state index contributed by atoms with van der Waals surface area (Å²) in [6.45, 7) is 0.286. The van der Waals surface area contributed by atoms with Crippen LogP contribution in [-0.4, -0.2) is 30.9 Å². The standard InChI is InChI=1S/C25H20BrN3O4/c26-8-2-1-4-13-16-11-29-20(10-15-17(24(29)31)12-33-25(32)23(15)30)22(16)28-19-7-6-18-14(21(13)19)5-3-9-27-18/h3,5-7,9-10,23,30H,1-2,4,8,11-12H2. The van der Waals surface area contributed by atoms with Crippen molar-refractivity contribution >= 4 is 43.7 Å². The number of aryl methyl sites for hydroxylation is 1. The van der Waals surface area contributed by atoms with Crippen LogP contribution in [0.3, 0.4) is 0 Å². The Kier molecular flexibility index (Phi) is 4.81. The van der Waals surface area contributed by atoms with Gasteiger partial charge in [-0.2, -0.15) is 0 Å². The number of ether oxygens (including phenoxy) is 1. The molecule has 2 aliphatic heterocycles. The van der Waals surface area contributed by atoms with E-state index in [4.69, 9.17) is 9.72 Å². The molecular weight excluding hydrogens is 486 g/mol. The maximum atomic E-state index is 13.3. The highest BCUT2D eigenvalue weighted by atomic mass is 79.9. The fourth-order valence-corrected chi connectivity index (χ4v) is 5.44. The predicted octanol–water partition coefficient (Wildman–Crippen LogP) is 3.78. The number of carbonyl (C=O) groups is 1. The summed E-state index contributed by atoms with van der Waals surface area (Å²) in [6.07, 6.45) is 3.22. The van der Waals surface area contributed by atoms with Crippen LogP contribution in [0.5, 0.6) is 0 Å². The summed E-state index contributed by atoms with van der Waals surface area (Å²) >= 11 is 3.52. The van der Waals surface area contributed by atoms with E-state index in [9.17, 15) is 14.7 Å². The van der Waals surface area contributed by atoms with E-state index in [-0.39, 0.29) is 12.2 Å². The van der Waals surface area contributed by atoms with Gasteiger partial charge in [-0.3, -0.25) is 9.78 Å². The lowest BCUT2D eigenvalue weighted by Gasteiger charge is -2.21. The number of fused-ring (bicyclic) bond motifs is 7. The molecule has 3 aromatic heterocycles. The molecule has 1 unspecified atom stereocenters. The van der Waals surface area contributed by atoms with Crippen LogP contribution >= 0.6 is 15.9 Å². The number of cyclic esters (lactones) is 1. The Morgan fingerprint density at radius 2 is 2.00 bits per heavy atom. The summed E-state index contributed by atoms with van der Waals surface area (Å²) in [5, 5.41) is 13.4. The predicted molar refractivity (Wildman–Crippen MR) is 127 cm³/mol. The molecule has 0 fully saturated rings. The number of aromatic nitrogens is 3. The maximum absolute atomic E-state index is 13.3. The number of nitrogens with zero attached hydrogens (tertiary/aromatic N) is 3. The van der Waals surface area contributed by atoms with Crippen LogP contribution in [0.25, 0.3) is 33.2 Å². The highest BCUT2D eigenvalue weighted by Crippen LogP contribution is 2.40. The molecule has 0 aliphatic carbocycles. The van der Waals surface area contributed by atoms with E-state index in [0.29, 0.717) is 23.4 Å². The van der Waals surface area contributed by atoms with Gasteiger partial charge >= 0.3 is 5.97 Å². The van der Waals surface area contributed by atoms with Gasteiger partial charge in [0.1, 0.15) is 6.61 Å². The van der Waals surface area contributed by atoms with Crippen LogP contribution < -0.4 is 5.56 Å². The summed E-state index contributed by atoms with van der Waals surface area (Å²) in [5.74, 6) is -0.731. The van der Waals surface area contributed by atoms with Gasteiger partial charge in [0.2, 0.25) is 0 Å². The second-order valence-electron chi connectivity index (χ2n) is 8.46. The molecule has 0 spiro atoms. The number of hydrogen-bond acceptors (Lipinski definition) is 6. The minimum Gasteiger partial charge on any atom is -0.458 e. The van der Waals surface area contributed by atoms with Gasteiger partial charge in [0, 0.05) is 33.4 Å². The van der Waals surface area contributed by atoms with E-state index < -0.39 is 12.1 Å². The number of benzene rings is 1. The zero-order chi connectivity index (χ0) is 22.7. The molecule has 0 amide bonds. The first kappa shape index (κ1) is 20.5. The summed E-state index contributed by atoms with van der Waals surface area (Å²) in [6, 6.07) is 9.68. The van der Waals surface area contributed by atoms with E-state index in [1.165, 1.54) is 5.56 Å². The topological polar surface area (TPSA) is 94.3 Å². The average molecular weight is 506 g/mol. The Bertz CT molecular complexity index is 1530. The van der Waals surface area contributed by atoms with E-state index in [1.54, 1.807) is 16.8 Å². The third kappa shape index (κ3) is 3.04. The average Bonchev–Trinajstić information content (AvgIpc) is 3.20. The van der Waals surface area contributed by atoms with Gasteiger partial charge in [-0.05, 0) is 49.1 Å². The van der Waals surface area contributed by atoms with Crippen molar-refractivity contribution in [3.05, 3.63) is 69.1 Å². The van der Waals surface area contributed by atoms with E-state index in [0.717, 1.165) is 57.7 Å². The van der Waals surface area contributed by atoms with Crippen molar-refractivity contribution < 1.29 is 14.6 Å². The van der Waals surface area contributed by atoms with Crippen LogP contribution in [-0.2, 0) is 29.1 Å². The van der Waals surface area contributed by atoms with Crippen LogP contribution in [0.1, 0.15) is 41.2 Å². The fourth-order valence-electron chi connectivity index (χ4n) is 5.04. The minimum atomic E-state index is -1.45. The second kappa shape index (κ2) is 7.74. The molecule has 4 aromatic rings. The summed E-state index contributed by atoms with van der Waals surface area (Å²) in [5.41, 5.74) is 5.76. The van der Waals surface area contributed by atoms with Gasteiger partial charge in [0.25, 0.3) is 5.56 Å². The van der Waals surface area contributed by atoms with Gasteiger partial charge in [-0.15, -0.1) is 0 Å². The first-order valence-electron chi connectivity index (χ1n) is 11.0. The number of aliphatic hydroxyl groups excluding tert-OH is 1. The third-order valence-corrected chi connectivity index (χ3v) is 7.19. The van der Waals surface area contributed by atoms with E-state index in [1.807, 2.05) is 18.2 Å². The quantitative estimate of drug-likeness (QED) is 0.173. The number of alkyl halides is 1. The van der Waals surface area contributed by atoms with Crippen LogP contribution in [0.2, 0.25) is 0 Å². The molecule has 1 aromatic carbocycles. The Morgan fingerprint density at radius 1 is 1.15 bits per heavy atom. The van der Waals surface area contributed by atoms with Gasteiger partial charge in [-0.1, -0.05) is 22.0 Å². The lowest BCUT2D eigenvalue weighted by atomic mass is 9.93. The highest BCUT2D eigenvalue weighted by Gasteiger charge is 2.34. The third-order valence-electron chi connectivity index (χ3n) is 6.63. The number of carbonyl (C=O) groups excluding carboxylic acids is 1. The molecule has 5 heterocycles. The molecule has 1 N–H and O–H groups in total. The molecule has 8 heteroatoms. The first-order valence-corrected chi connectivity index (χ1v) is 12.1. The Labute approximate surface area is 197 Å². The van der Waals surface area contributed by atoms with Gasteiger partial charge in [0.05, 0.1) is 34.5 Å². The number of hydrogen-bond donors (Lipinski definition) is 1.